The summed E-state index contributed by atoms with van der Waals surface area (Å²) in [6.45, 7) is 3.74. The second-order valence-corrected chi connectivity index (χ2v) is 7.51. The van der Waals surface area contributed by atoms with Crippen LogP contribution in [0.2, 0.25) is 0 Å². The van der Waals surface area contributed by atoms with E-state index in [9.17, 15) is 13.5 Å². The Morgan fingerprint density at radius 2 is 2.21 bits per heavy atom. The normalized spacial score (nSPS) is 25.8. The molecular formula is C13H20N2O3S. The van der Waals surface area contributed by atoms with Crippen LogP contribution in [0, 0.1) is 5.41 Å². The van der Waals surface area contributed by atoms with Crippen molar-refractivity contribution in [3.05, 3.63) is 30.1 Å². The number of hydrogen-bond acceptors (Lipinski definition) is 4. The first-order valence-corrected chi connectivity index (χ1v) is 8.04. The Labute approximate surface area is 114 Å². The van der Waals surface area contributed by atoms with Crippen LogP contribution < -0.4 is 4.72 Å². The molecule has 0 saturated heterocycles. The Morgan fingerprint density at radius 1 is 1.47 bits per heavy atom. The van der Waals surface area contributed by atoms with E-state index in [1.54, 1.807) is 12.3 Å². The van der Waals surface area contributed by atoms with Crippen LogP contribution in [0.4, 0.5) is 0 Å². The average molecular weight is 284 g/mol. The highest BCUT2D eigenvalue weighted by atomic mass is 32.2. The van der Waals surface area contributed by atoms with Crippen molar-refractivity contribution < 1.29 is 13.5 Å². The molecule has 19 heavy (non-hydrogen) atoms. The van der Waals surface area contributed by atoms with E-state index in [4.69, 9.17) is 0 Å². The molecule has 1 aliphatic rings. The maximum Gasteiger partial charge on any atom is 0.212 e. The number of hydrogen-bond donors (Lipinski definition) is 2. The third-order valence-electron chi connectivity index (χ3n) is 3.89. The number of aliphatic hydroxyl groups excluding tert-OH is 1. The van der Waals surface area contributed by atoms with E-state index < -0.39 is 21.5 Å². The summed E-state index contributed by atoms with van der Waals surface area (Å²) in [5.74, 6) is 0.0205. The largest absolute Gasteiger partial charge is 0.392 e. The van der Waals surface area contributed by atoms with Gasteiger partial charge in [0.15, 0.2) is 0 Å². The zero-order valence-electron chi connectivity index (χ0n) is 11.2. The molecule has 2 atom stereocenters. The first kappa shape index (κ1) is 14.4. The van der Waals surface area contributed by atoms with Crippen LogP contribution in [0.1, 0.15) is 26.0 Å². The van der Waals surface area contributed by atoms with Gasteiger partial charge in [-0.1, -0.05) is 19.9 Å². The number of aromatic nitrogens is 1. The Morgan fingerprint density at radius 3 is 2.74 bits per heavy atom. The first-order valence-electron chi connectivity index (χ1n) is 6.39. The van der Waals surface area contributed by atoms with Gasteiger partial charge in [-0.3, -0.25) is 4.98 Å². The van der Waals surface area contributed by atoms with E-state index in [2.05, 4.69) is 9.71 Å². The van der Waals surface area contributed by atoms with Crippen molar-refractivity contribution in [3.8, 4) is 0 Å². The molecule has 1 aromatic heterocycles. The number of rotatable bonds is 5. The van der Waals surface area contributed by atoms with Gasteiger partial charge < -0.3 is 5.11 Å². The van der Waals surface area contributed by atoms with Gasteiger partial charge in [0.25, 0.3) is 0 Å². The van der Waals surface area contributed by atoms with Crippen LogP contribution in [0.5, 0.6) is 0 Å². The summed E-state index contributed by atoms with van der Waals surface area (Å²) in [7, 11) is -3.34. The number of sulfonamides is 1. The molecule has 1 heterocycles. The topological polar surface area (TPSA) is 79.3 Å². The summed E-state index contributed by atoms with van der Waals surface area (Å²) in [5.41, 5.74) is 0.374. The molecule has 0 aliphatic heterocycles. The van der Waals surface area contributed by atoms with E-state index in [-0.39, 0.29) is 11.8 Å². The van der Waals surface area contributed by atoms with E-state index in [0.717, 1.165) is 5.69 Å². The smallest absolute Gasteiger partial charge is 0.212 e. The lowest BCUT2D eigenvalue weighted by Crippen LogP contribution is -2.61. The van der Waals surface area contributed by atoms with E-state index in [1.165, 1.54) is 0 Å². The SMILES string of the molecule is CC1(C)C(O)CC1NS(=O)(=O)CCc1ccccn1. The van der Waals surface area contributed by atoms with Gasteiger partial charge >= 0.3 is 0 Å². The Hall–Kier alpha value is -0.980. The second kappa shape index (κ2) is 5.19. The number of nitrogens with one attached hydrogen (secondary N) is 1. The van der Waals surface area contributed by atoms with Crippen molar-refractivity contribution in [1.29, 1.82) is 0 Å². The molecule has 2 N–H and O–H groups in total. The highest BCUT2D eigenvalue weighted by Crippen LogP contribution is 2.40. The lowest BCUT2D eigenvalue weighted by Gasteiger charge is -2.49. The molecular weight excluding hydrogens is 264 g/mol. The molecule has 2 rings (SSSR count). The lowest BCUT2D eigenvalue weighted by atomic mass is 9.65. The number of aryl methyl sites for hydroxylation is 1. The third-order valence-corrected chi connectivity index (χ3v) is 5.28. The van der Waals surface area contributed by atoms with Crippen LogP contribution in [-0.2, 0) is 16.4 Å². The predicted molar refractivity (Wildman–Crippen MR) is 73.1 cm³/mol. The van der Waals surface area contributed by atoms with Gasteiger partial charge in [0.2, 0.25) is 10.0 Å². The number of aliphatic hydroxyl groups is 1. The number of pyridine rings is 1. The molecule has 0 spiro atoms. The summed E-state index contributed by atoms with van der Waals surface area (Å²) in [6.07, 6.45) is 2.10. The van der Waals surface area contributed by atoms with Gasteiger partial charge in [-0.05, 0) is 18.6 Å². The first-order chi connectivity index (χ1) is 8.81. The molecule has 6 heteroatoms. The molecule has 0 amide bonds. The fraction of sp³-hybridized carbons (Fsp3) is 0.615. The Balaban J connectivity index is 1.90. The predicted octanol–water partition coefficient (Wildman–Crippen LogP) is 0.703. The molecule has 106 valence electrons. The minimum Gasteiger partial charge on any atom is -0.392 e. The molecule has 1 saturated carbocycles. The fourth-order valence-electron chi connectivity index (χ4n) is 2.16. The van der Waals surface area contributed by atoms with Crippen LogP contribution in [0.25, 0.3) is 0 Å². The third kappa shape index (κ3) is 3.32. The minimum atomic E-state index is -3.34. The van der Waals surface area contributed by atoms with Crippen molar-refractivity contribution in [2.24, 2.45) is 5.41 Å². The maximum absolute atomic E-state index is 12.0. The van der Waals surface area contributed by atoms with Gasteiger partial charge in [0.1, 0.15) is 0 Å². The summed E-state index contributed by atoms with van der Waals surface area (Å²) >= 11 is 0. The Kier molecular flexibility index (Phi) is 3.94. The fourth-order valence-corrected chi connectivity index (χ4v) is 3.59. The van der Waals surface area contributed by atoms with Crippen molar-refractivity contribution >= 4 is 10.0 Å². The average Bonchev–Trinajstić information content (AvgIpc) is 2.37. The van der Waals surface area contributed by atoms with Crippen LogP contribution in [0.3, 0.4) is 0 Å². The zero-order valence-corrected chi connectivity index (χ0v) is 12.0. The van der Waals surface area contributed by atoms with E-state index in [0.29, 0.717) is 12.8 Å². The van der Waals surface area contributed by atoms with E-state index in [1.807, 2.05) is 26.0 Å². The van der Waals surface area contributed by atoms with Crippen molar-refractivity contribution in [2.45, 2.75) is 38.8 Å². The standard InChI is InChI=1S/C13H20N2O3S/c1-13(2)11(9-12(13)16)15-19(17,18)8-6-10-5-3-4-7-14-10/h3-5,7,11-12,15-16H,6,8-9H2,1-2H3. The molecule has 0 aromatic carbocycles. The summed E-state index contributed by atoms with van der Waals surface area (Å²) in [5, 5.41) is 9.61. The monoisotopic (exact) mass is 284 g/mol. The molecule has 5 nitrogen and oxygen atoms in total. The summed E-state index contributed by atoms with van der Waals surface area (Å²) in [4.78, 5) is 4.10. The molecule has 2 unspecified atom stereocenters. The quantitative estimate of drug-likeness (QED) is 0.834. The zero-order chi connectivity index (χ0) is 14.1. The van der Waals surface area contributed by atoms with Crippen molar-refractivity contribution in [1.82, 2.24) is 9.71 Å². The molecule has 1 fully saturated rings. The number of nitrogens with zero attached hydrogens (tertiary/aromatic N) is 1. The molecule has 0 bridgehead atoms. The minimum absolute atomic E-state index is 0.0205. The van der Waals surface area contributed by atoms with Gasteiger partial charge in [-0.15, -0.1) is 0 Å². The van der Waals surface area contributed by atoms with Crippen molar-refractivity contribution in [2.75, 3.05) is 5.75 Å². The van der Waals surface area contributed by atoms with Crippen LogP contribution in [0.15, 0.2) is 24.4 Å². The maximum atomic E-state index is 12.0. The summed E-state index contributed by atoms with van der Waals surface area (Å²) in [6, 6.07) is 5.27. The highest BCUT2D eigenvalue weighted by molar-refractivity contribution is 7.89. The van der Waals surface area contributed by atoms with Crippen LogP contribution in [-0.4, -0.2) is 36.4 Å². The summed E-state index contributed by atoms with van der Waals surface area (Å²) < 4.78 is 26.6. The van der Waals surface area contributed by atoms with Gasteiger partial charge in [0.05, 0.1) is 11.9 Å². The molecule has 1 aromatic rings. The second-order valence-electron chi connectivity index (χ2n) is 5.63. The van der Waals surface area contributed by atoms with E-state index >= 15 is 0 Å². The molecule has 0 radical (unpaired) electrons. The van der Waals surface area contributed by atoms with Gasteiger partial charge in [-0.2, -0.15) is 0 Å². The van der Waals surface area contributed by atoms with Gasteiger partial charge in [0, 0.05) is 29.8 Å². The lowest BCUT2D eigenvalue weighted by molar-refractivity contribution is -0.0645. The van der Waals surface area contributed by atoms with Crippen molar-refractivity contribution in [3.63, 3.8) is 0 Å². The molecule has 1 aliphatic carbocycles. The highest BCUT2D eigenvalue weighted by Gasteiger charge is 2.48. The van der Waals surface area contributed by atoms with Crippen LogP contribution >= 0.6 is 0 Å². The van der Waals surface area contributed by atoms with Gasteiger partial charge in [-0.25, -0.2) is 13.1 Å². The Bertz CT molecular complexity index is 528.